The van der Waals surface area contributed by atoms with Gasteiger partial charge in [-0.1, -0.05) is 35.9 Å². The topological polar surface area (TPSA) is 72.0 Å². The van der Waals surface area contributed by atoms with Crippen LogP contribution in [-0.4, -0.2) is 72.7 Å². The molecule has 1 saturated heterocycles. The summed E-state index contributed by atoms with van der Waals surface area (Å²) in [5.74, 6) is -0.338. The molecular formula is C28H30ClN3O4S. The van der Waals surface area contributed by atoms with Crippen molar-refractivity contribution in [2.75, 3.05) is 46.1 Å². The number of pyridine rings is 1. The van der Waals surface area contributed by atoms with Gasteiger partial charge in [0.1, 0.15) is 5.03 Å². The van der Waals surface area contributed by atoms with Crippen molar-refractivity contribution < 1.29 is 19.1 Å². The van der Waals surface area contributed by atoms with Crippen molar-refractivity contribution in [3.05, 3.63) is 94.1 Å². The number of aromatic nitrogens is 1. The summed E-state index contributed by atoms with van der Waals surface area (Å²) in [5, 5.41) is 1.43. The zero-order valence-corrected chi connectivity index (χ0v) is 22.5. The van der Waals surface area contributed by atoms with E-state index in [9.17, 15) is 9.59 Å². The minimum atomic E-state index is -0.364. The molecule has 37 heavy (non-hydrogen) atoms. The second-order valence-corrected chi connectivity index (χ2v) is 9.92. The number of ether oxygens (including phenoxy) is 2. The van der Waals surface area contributed by atoms with Gasteiger partial charge >= 0.3 is 5.97 Å². The van der Waals surface area contributed by atoms with Crippen molar-refractivity contribution in [3.63, 3.8) is 0 Å². The van der Waals surface area contributed by atoms with Gasteiger partial charge in [-0.25, -0.2) is 9.78 Å². The standard InChI is InChI=1S/C28H30ClN3O4S/c1-35-28(34)22-7-5-20(6-8-22)19-36-25(21-9-11-23(29)12-10-21)18-31-14-16-32(17-15-31)27(33)24-4-3-13-30-26(24)37-2/h3-13,25H,14-19H2,1-2H3/t25-/m1/s1. The first-order valence-corrected chi connectivity index (χ1v) is 13.6. The van der Waals surface area contributed by atoms with Crippen LogP contribution >= 0.6 is 23.4 Å². The van der Waals surface area contributed by atoms with E-state index >= 15 is 0 Å². The molecule has 3 aromatic rings. The molecule has 0 N–H and O–H groups in total. The third-order valence-electron chi connectivity index (χ3n) is 6.35. The number of methoxy groups -OCH3 is 1. The lowest BCUT2D eigenvalue weighted by Crippen LogP contribution is -2.49. The summed E-state index contributed by atoms with van der Waals surface area (Å²) in [4.78, 5) is 33.3. The first-order valence-electron chi connectivity index (χ1n) is 12.0. The van der Waals surface area contributed by atoms with Gasteiger partial charge in [0.2, 0.25) is 0 Å². The Morgan fingerprint density at radius 3 is 2.38 bits per heavy atom. The fraction of sp³-hybridized carbons (Fsp3) is 0.321. The maximum absolute atomic E-state index is 13.1. The number of carbonyl (C=O) groups is 2. The summed E-state index contributed by atoms with van der Waals surface area (Å²) >= 11 is 7.60. The van der Waals surface area contributed by atoms with Crippen molar-refractivity contribution in [1.82, 2.24) is 14.8 Å². The lowest BCUT2D eigenvalue weighted by molar-refractivity contribution is 0.00336. The van der Waals surface area contributed by atoms with E-state index in [4.69, 9.17) is 21.1 Å². The zero-order valence-electron chi connectivity index (χ0n) is 20.9. The van der Waals surface area contributed by atoms with Gasteiger partial charge in [0.05, 0.1) is 30.9 Å². The van der Waals surface area contributed by atoms with E-state index in [0.717, 1.165) is 29.2 Å². The Labute approximate surface area is 226 Å². The molecule has 0 radical (unpaired) electrons. The van der Waals surface area contributed by atoms with Crippen LogP contribution in [0.15, 0.2) is 71.9 Å². The summed E-state index contributed by atoms with van der Waals surface area (Å²) in [7, 11) is 1.37. The average molecular weight is 540 g/mol. The van der Waals surface area contributed by atoms with E-state index in [0.29, 0.717) is 42.4 Å². The van der Waals surface area contributed by atoms with Crippen LogP contribution in [-0.2, 0) is 16.1 Å². The van der Waals surface area contributed by atoms with Crippen molar-refractivity contribution in [3.8, 4) is 0 Å². The fourth-order valence-electron chi connectivity index (χ4n) is 4.24. The first-order chi connectivity index (χ1) is 18.0. The molecule has 0 spiro atoms. The Hall–Kier alpha value is -2.91. The maximum Gasteiger partial charge on any atom is 0.337 e. The van der Waals surface area contributed by atoms with Crippen LogP contribution in [0.4, 0.5) is 0 Å². The number of piperazine rings is 1. The second kappa shape index (κ2) is 13.1. The molecule has 0 bridgehead atoms. The molecule has 1 atom stereocenters. The minimum Gasteiger partial charge on any atom is -0.465 e. The van der Waals surface area contributed by atoms with Crippen molar-refractivity contribution in [1.29, 1.82) is 0 Å². The number of halogens is 1. The normalized spacial score (nSPS) is 14.8. The molecule has 0 saturated carbocycles. The third-order valence-corrected chi connectivity index (χ3v) is 7.31. The molecule has 2 aromatic carbocycles. The Bertz CT molecular complexity index is 1200. The number of hydrogen-bond donors (Lipinski definition) is 0. The van der Waals surface area contributed by atoms with E-state index in [1.54, 1.807) is 24.4 Å². The van der Waals surface area contributed by atoms with Crippen molar-refractivity contribution in [2.45, 2.75) is 17.7 Å². The van der Waals surface area contributed by atoms with Crippen LogP contribution in [0.5, 0.6) is 0 Å². The van der Waals surface area contributed by atoms with E-state index < -0.39 is 0 Å². The molecule has 9 heteroatoms. The molecular weight excluding hydrogens is 510 g/mol. The SMILES string of the molecule is COC(=O)c1ccc(CO[C@H](CN2CCN(C(=O)c3cccnc3SC)CC2)c2ccc(Cl)cc2)cc1. The Balaban J connectivity index is 1.39. The Kier molecular flexibility index (Phi) is 9.57. The molecule has 7 nitrogen and oxygen atoms in total. The predicted molar refractivity (Wildman–Crippen MR) is 145 cm³/mol. The third kappa shape index (κ3) is 7.11. The van der Waals surface area contributed by atoms with E-state index in [1.807, 2.05) is 53.6 Å². The Morgan fingerprint density at radius 1 is 1.03 bits per heavy atom. The zero-order chi connectivity index (χ0) is 26.2. The molecule has 0 aliphatic carbocycles. The second-order valence-electron chi connectivity index (χ2n) is 8.69. The number of amides is 1. The number of benzene rings is 2. The van der Waals surface area contributed by atoms with Crippen LogP contribution in [0.25, 0.3) is 0 Å². The minimum absolute atomic E-state index is 0.0259. The van der Waals surface area contributed by atoms with Crippen molar-refractivity contribution >= 4 is 35.2 Å². The quantitative estimate of drug-likeness (QED) is 0.281. The number of carbonyl (C=O) groups excluding carboxylic acids is 2. The molecule has 1 aliphatic rings. The average Bonchev–Trinajstić information content (AvgIpc) is 2.95. The summed E-state index contributed by atoms with van der Waals surface area (Å²) in [6.45, 7) is 3.87. The molecule has 194 valence electrons. The molecule has 1 aromatic heterocycles. The van der Waals surface area contributed by atoms with Crippen LogP contribution in [0, 0.1) is 0 Å². The number of hydrogen-bond acceptors (Lipinski definition) is 7. The van der Waals surface area contributed by atoms with Gasteiger partial charge in [0.15, 0.2) is 0 Å². The predicted octanol–water partition coefficient (Wildman–Crippen LogP) is 4.96. The van der Waals surface area contributed by atoms with Crippen LogP contribution in [0.2, 0.25) is 5.02 Å². The number of rotatable bonds is 9. The molecule has 1 fully saturated rings. The summed E-state index contributed by atoms with van der Waals surface area (Å²) in [6, 6.07) is 18.6. The van der Waals surface area contributed by atoms with Gasteiger partial charge in [0, 0.05) is 43.9 Å². The number of thioether (sulfide) groups is 1. The first kappa shape index (κ1) is 27.1. The highest BCUT2D eigenvalue weighted by atomic mass is 35.5. The highest BCUT2D eigenvalue weighted by molar-refractivity contribution is 7.98. The van der Waals surface area contributed by atoms with E-state index in [1.165, 1.54) is 18.9 Å². The Morgan fingerprint density at radius 2 is 1.73 bits per heavy atom. The van der Waals surface area contributed by atoms with Crippen molar-refractivity contribution in [2.24, 2.45) is 0 Å². The molecule has 0 unspecified atom stereocenters. The van der Waals surface area contributed by atoms with Crippen LogP contribution < -0.4 is 0 Å². The molecule has 1 aliphatic heterocycles. The smallest absolute Gasteiger partial charge is 0.337 e. The van der Waals surface area contributed by atoms with Gasteiger partial charge < -0.3 is 14.4 Å². The van der Waals surface area contributed by atoms with E-state index in [2.05, 4.69) is 9.88 Å². The monoisotopic (exact) mass is 539 g/mol. The number of nitrogens with zero attached hydrogens (tertiary/aromatic N) is 3. The van der Waals surface area contributed by atoms with Gasteiger partial charge in [-0.2, -0.15) is 0 Å². The fourth-order valence-corrected chi connectivity index (χ4v) is 4.91. The van der Waals surface area contributed by atoms with Gasteiger partial charge in [-0.3, -0.25) is 9.69 Å². The van der Waals surface area contributed by atoms with Crippen LogP contribution in [0.3, 0.4) is 0 Å². The molecule has 4 rings (SSSR count). The largest absolute Gasteiger partial charge is 0.465 e. The highest BCUT2D eigenvalue weighted by Crippen LogP contribution is 2.24. The molecule has 1 amide bonds. The van der Waals surface area contributed by atoms with Crippen LogP contribution in [0.1, 0.15) is 37.9 Å². The highest BCUT2D eigenvalue weighted by Gasteiger charge is 2.26. The summed E-state index contributed by atoms with van der Waals surface area (Å²) in [6.07, 6.45) is 3.47. The number of esters is 1. The molecule has 2 heterocycles. The van der Waals surface area contributed by atoms with E-state index in [-0.39, 0.29) is 18.0 Å². The maximum atomic E-state index is 13.1. The summed E-state index contributed by atoms with van der Waals surface area (Å²) in [5.41, 5.74) is 3.16. The van der Waals surface area contributed by atoms with Gasteiger partial charge in [0.25, 0.3) is 5.91 Å². The lowest BCUT2D eigenvalue weighted by Gasteiger charge is -2.36. The lowest BCUT2D eigenvalue weighted by atomic mass is 10.1. The van der Waals surface area contributed by atoms with Gasteiger partial charge in [-0.15, -0.1) is 11.8 Å². The van der Waals surface area contributed by atoms with Gasteiger partial charge in [-0.05, 0) is 53.8 Å². The summed E-state index contributed by atoms with van der Waals surface area (Å²) < 4.78 is 11.1.